The van der Waals surface area contributed by atoms with Crippen LogP contribution in [0.4, 0.5) is 37.7 Å². The van der Waals surface area contributed by atoms with Gasteiger partial charge in [0.1, 0.15) is 0 Å². The molecule has 0 atom stereocenters. The van der Waals surface area contributed by atoms with Crippen LogP contribution in [0.5, 0.6) is 0 Å². The highest BCUT2D eigenvalue weighted by molar-refractivity contribution is 7.79. The molecule has 0 aromatic heterocycles. The van der Waals surface area contributed by atoms with Crippen LogP contribution in [0.3, 0.4) is 0 Å². The number of thiol groups is 1. The van der Waals surface area contributed by atoms with Gasteiger partial charge in [-0.1, -0.05) is 67.2 Å². The fourth-order valence-corrected chi connectivity index (χ4v) is 3.86. The van der Waals surface area contributed by atoms with Crippen molar-refractivity contribution in [2.75, 3.05) is 16.9 Å². The topological polar surface area (TPSA) is 41.1 Å². The molecule has 0 saturated heterocycles. The van der Waals surface area contributed by atoms with Crippen LogP contribution in [0, 0.1) is 0 Å². The molecule has 0 heterocycles. The zero-order chi connectivity index (χ0) is 29.5. The molecule has 4 aromatic carbocycles. The van der Waals surface area contributed by atoms with Crippen LogP contribution >= 0.6 is 12.6 Å². The first kappa shape index (κ1) is 30.4. The Labute approximate surface area is 233 Å². The quantitative estimate of drug-likeness (QED) is 0.159. The standard InChI is InChI=1S/C29H20F6N2O.CH4S/c1-18(19-8-4-2-5-9-19)36-21-12-14-23(25(16-21)28(30,31)32)24-15-13-22(17-26(24)29(33,34)35)37-27(38)20-10-6-3-7-11-20;1-2/h2-17,36H,1H2,(H,37,38);2H,1H3. The molecule has 40 heavy (non-hydrogen) atoms. The van der Waals surface area contributed by atoms with Crippen LogP contribution < -0.4 is 10.6 Å². The molecule has 0 radical (unpaired) electrons. The van der Waals surface area contributed by atoms with Gasteiger partial charge in [0.15, 0.2) is 0 Å². The average molecular weight is 575 g/mol. The van der Waals surface area contributed by atoms with Gasteiger partial charge in [-0.2, -0.15) is 39.0 Å². The number of halogens is 6. The summed E-state index contributed by atoms with van der Waals surface area (Å²) in [7, 11) is 0. The molecule has 1 amide bonds. The van der Waals surface area contributed by atoms with Crippen molar-refractivity contribution in [3.8, 4) is 11.1 Å². The maximum atomic E-state index is 14.1. The van der Waals surface area contributed by atoms with E-state index in [2.05, 4.69) is 29.8 Å². The molecule has 0 aliphatic heterocycles. The third-order valence-corrected chi connectivity index (χ3v) is 5.65. The molecular formula is C30H24F6N2OS. The summed E-state index contributed by atoms with van der Waals surface area (Å²) in [5, 5.41) is 5.14. The number of benzene rings is 4. The second-order valence-electron chi connectivity index (χ2n) is 8.31. The van der Waals surface area contributed by atoms with Crippen molar-refractivity contribution < 1.29 is 31.1 Å². The highest BCUT2D eigenvalue weighted by Crippen LogP contribution is 2.44. The molecule has 0 fully saturated rings. The smallest absolute Gasteiger partial charge is 0.356 e. The van der Waals surface area contributed by atoms with Gasteiger partial charge in [-0.15, -0.1) is 0 Å². The van der Waals surface area contributed by atoms with Gasteiger partial charge < -0.3 is 10.6 Å². The van der Waals surface area contributed by atoms with Gasteiger partial charge in [0, 0.05) is 22.6 Å². The zero-order valence-electron chi connectivity index (χ0n) is 21.1. The van der Waals surface area contributed by atoms with E-state index >= 15 is 0 Å². The molecule has 10 heteroatoms. The Bertz CT molecular complexity index is 1360. The van der Waals surface area contributed by atoms with Gasteiger partial charge in [0.25, 0.3) is 5.91 Å². The highest BCUT2D eigenvalue weighted by atomic mass is 32.1. The molecule has 0 unspecified atom stereocenters. The fourth-order valence-electron chi connectivity index (χ4n) is 3.86. The SMILES string of the molecule is C=C(Nc1ccc(-c2ccc(NC(=O)c3ccccc3)cc2C(F)(F)F)c(C(F)(F)F)c1)c1ccccc1.CS. The molecule has 0 aliphatic rings. The number of alkyl halides is 6. The Hall–Kier alpha value is -4.18. The molecule has 0 saturated carbocycles. The van der Waals surface area contributed by atoms with Gasteiger partial charge in [0.05, 0.1) is 11.1 Å². The lowest BCUT2D eigenvalue weighted by Crippen LogP contribution is -2.15. The lowest BCUT2D eigenvalue weighted by molar-refractivity contribution is -0.139. The monoisotopic (exact) mass is 574 g/mol. The van der Waals surface area contributed by atoms with Gasteiger partial charge >= 0.3 is 12.4 Å². The third-order valence-electron chi connectivity index (χ3n) is 5.65. The Kier molecular flexibility index (Phi) is 9.70. The number of nitrogens with one attached hydrogen (secondary N) is 2. The zero-order valence-corrected chi connectivity index (χ0v) is 22.0. The lowest BCUT2D eigenvalue weighted by atomic mass is 9.93. The molecule has 208 valence electrons. The molecule has 3 nitrogen and oxygen atoms in total. The van der Waals surface area contributed by atoms with Crippen molar-refractivity contribution in [2.45, 2.75) is 12.4 Å². The number of carbonyl (C=O) groups excluding carboxylic acids is 1. The van der Waals surface area contributed by atoms with E-state index in [-0.39, 0.29) is 16.9 Å². The van der Waals surface area contributed by atoms with Gasteiger partial charge in [-0.05, 0) is 59.3 Å². The number of hydrogen-bond donors (Lipinski definition) is 3. The minimum Gasteiger partial charge on any atom is -0.356 e. The van der Waals surface area contributed by atoms with Gasteiger partial charge in [-0.3, -0.25) is 4.79 Å². The largest absolute Gasteiger partial charge is 0.417 e. The number of hydrogen-bond acceptors (Lipinski definition) is 3. The van der Waals surface area contributed by atoms with E-state index in [4.69, 9.17) is 0 Å². The summed E-state index contributed by atoms with van der Waals surface area (Å²) < 4.78 is 84.2. The predicted molar refractivity (Wildman–Crippen MR) is 150 cm³/mol. The first-order valence-corrected chi connectivity index (χ1v) is 12.6. The van der Waals surface area contributed by atoms with Gasteiger partial charge in [0.2, 0.25) is 0 Å². The summed E-state index contributed by atoms with van der Waals surface area (Å²) in [5.41, 5.74) is -2.92. The second kappa shape index (κ2) is 12.8. The summed E-state index contributed by atoms with van der Waals surface area (Å²) in [6.45, 7) is 3.82. The van der Waals surface area contributed by atoms with Crippen molar-refractivity contribution >= 4 is 35.6 Å². The molecule has 2 N–H and O–H groups in total. The maximum absolute atomic E-state index is 14.1. The fraction of sp³-hybridized carbons (Fsp3) is 0.100. The van der Waals surface area contributed by atoms with Crippen LogP contribution in [-0.4, -0.2) is 12.2 Å². The number of anilines is 2. The minimum absolute atomic E-state index is 0.00947. The van der Waals surface area contributed by atoms with Crippen molar-refractivity contribution in [3.63, 3.8) is 0 Å². The van der Waals surface area contributed by atoms with Crippen molar-refractivity contribution in [2.24, 2.45) is 0 Å². The average Bonchev–Trinajstić information content (AvgIpc) is 2.94. The van der Waals surface area contributed by atoms with Crippen LogP contribution in [0.25, 0.3) is 16.8 Å². The first-order valence-electron chi connectivity index (χ1n) is 11.7. The Morgan fingerprint density at radius 3 is 1.45 bits per heavy atom. The normalized spacial score (nSPS) is 11.2. The third kappa shape index (κ3) is 7.47. The first-order chi connectivity index (χ1) is 18.9. The molecule has 0 aliphatic carbocycles. The van der Waals surface area contributed by atoms with Crippen molar-refractivity contribution in [3.05, 3.63) is 126 Å². The van der Waals surface area contributed by atoms with Crippen LogP contribution in [0.2, 0.25) is 0 Å². The summed E-state index contributed by atoms with van der Waals surface area (Å²) in [6, 6.07) is 22.1. The molecule has 4 rings (SSSR count). The van der Waals surface area contributed by atoms with E-state index in [1.165, 1.54) is 18.2 Å². The number of carbonyl (C=O) groups is 1. The Morgan fingerprint density at radius 2 is 1.02 bits per heavy atom. The summed E-state index contributed by atoms with van der Waals surface area (Å²) in [6.07, 6.45) is -8.26. The van der Waals surface area contributed by atoms with Crippen molar-refractivity contribution in [1.29, 1.82) is 0 Å². The van der Waals surface area contributed by atoms with E-state index in [9.17, 15) is 31.1 Å². The summed E-state index contributed by atoms with van der Waals surface area (Å²) in [5.74, 6) is -0.656. The molecule has 4 aromatic rings. The van der Waals surface area contributed by atoms with Crippen LogP contribution in [0.15, 0.2) is 104 Å². The van der Waals surface area contributed by atoms with Crippen LogP contribution in [-0.2, 0) is 12.4 Å². The van der Waals surface area contributed by atoms with Crippen molar-refractivity contribution in [1.82, 2.24) is 0 Å². The van der Waals surface area contributed by atoms with E-state index in [0.29, 0.717) is 17.3 Å². The van der Waals surface area contributed by atoms with E-state index in [1.807, 2.05) is 0 Å². The van der Waals surface area contributed by atoms with E-state index in [0.717, 1.165) is 24.3 Å². The Balaban J connectivity index is 0.00000216. The lowest BCUT2D eigenvalue weighted by Gasteiger charge is -2.20. The minimum atomic E-state index is -5.00. The second-order valence-corrected chi connectivity index (χ2v) is 8.31. The summed E-state index contributed by atoms with van der Waals surface area (Å²) >= 11 is 3.53. The predicted octanol–water partition coefficient (Wildman–Crippen LogP) is 9.27. The highest BCUT2D eigenvalue weighted by Gasteiger charge is 2.39. The maximum Gasteiger partial charge on any atom is 0.417 e. The molecule has 0 spiro atoms. The number of rotatable bonds is 6. The van der Waals surface area contributed by atoms with Gasteiger partial charge in [-0.25, -0.2) is 0 Å². The van der Waals surface area contributed by atoms with E-state index < -0.39 is 40.5 Å². The number of amides is 1. The molecule has 0 bridgehead atoms. The Morgan fingerprint density at radius 1 is 0.625 bits per heavy atom. The van der Waals surface area contributed by atoms with Crippen LogP contribution in [0.1, 0.15) is 27.0 Å². The molecular weight excluding hydrogens is 550 g/mol. The van der Waals surface area contributed by atoms with E-state index in [1.54, 1.807) is 54.8 Å². The summed E-state index contributed by atoms with van der Waals surface area (Å²) in [4.78, 5) is 12.4.